The predicted octanol–water partition coefficient (Wildman–Crippen LogP) is 3.62. The Morgan fingerprint density at radius 2 is 1.93 bits per heavy atom. The van der Waals surface area contributed by atoms with E-state index in [0.717, 1.165) is 17.7 Å². The van der Waals surface area contributed by atoms with Crippen molar-refractivity contribution in [2.45, 2.75) is 13.0 Å². The summed E-state index contributed by atoms with van der Waals surface area (Å²) in [5.41, 5.74) is 0.957. The van der Waals surface area contributed by atoms with E-state index in [1.165, 1.54) is 12.1 Å². The SMILES string of the molecule is FC(F)Oc1ccc(C=CCCS)cc1. The van der Waals surface area contributed by atoms with Crippen LogP contribution in [-0.2, 0) is 0 Å². The molecule has 1 nitrogen and oxygen atoms in total. The van der Waals surface area contributed by atoms with Gasteiger partial charge in [-0.05, 0) is 29.9 Å². The van der Waals surface area contributed by atoms with Crippen molar-refractivity contribution in [1.82, 2.24) is 0 Å². The summed E-state index contributed by atoms with van der Waals surface area (Å²) in [6.45, 7) is -2.77. The third-order valence-corrected chi connectivity index (χ3v) is 1.97. The number of hydrogen-bond acceptors (Lipinski definition) is 2. The first-order chi connectivity index (χ1) is 7.22. The van der Waals surface area contributed by atoms with Crippen LogP contribution in [0, 0.1) is 0 Å². The summed E-state index contributed by atoms with van der Waals surface area (Å²) in [5, 5.41) is 0. The molecule has 0 N–H and O–H groups in total. The largest absolute Gasteiger partial charge is 0.435 e. The highest BCUT2D eigenvalue weighted by atomic mass is 32.1. The van der Waals surface area contributed by atoms with Crippen molar-refractivity contribution in [3.05, 3.63) is 35.9 Å². The van der Waals surface area contributed by atoms with E-state index >= 15 is 0 Å². The van der Waals surface area contributed by atoms with Crippen molar-refractivity contribution in [1.29, 1.82) is 0 Å². The standard InChI is InChI=1S/C11H12F2OS/c12-11(13)14-10-6-4-9(5-7-10)3-1-2-8-15/h1,3-7,11,15H,2,8H2. The van der Waals surface area contributed by atoms with Crippen LogP contribution in [0.25, 0.3) is 6.08 Å². The van der Waals surface area contributed by atoms with Gasteiger partial charge in [-0.3, -0.25) is 0 Å². The molecule has 0 aliphatic heterocycles. The fraction of sp³-hybridized carbons (Fsp3) is 0.273. The molecule has 15 heavy (non-hydrogen) atoms. The van der Waals surface area contributed by atoms with Crippen LogP contribution in [0.1, 0.15) is 12.0 Å². The maximum absolute atomic E-state index is 11.8. The number of alkyl halides is 2. The highest BCUT2D eigenvalue weighted by Gasteiger charge is 2.02. The van der Waals surface area contributed by atoms with Crippen LogP contribution in [0.15, 0.2) is 30.3 Å². The molecule has 0 fully saturated rings. The van der Waals surface area contributed by atoms with E-state index in [-0.39, 0.29) is 5.75 Å². The minimum atomic E-state index is -2.77. The lowest BCUT2D eigenvalue weighted by Crippen LogP contribution is -2.01. The van der Waals surface area contributed by atoms with Crippen LogP contribution in [-0.4, -0.2) is 12.4 Å². The number of rotatable bonds is 5. The first-order valence-corrected chi connectivity index (χ1v) is 5.18. The normalized spacial score (nSPS) is 11.2. The molecule has 0 saturated carbocycles. The second-order valence-corrected chi connectivity index (χ2v) is 3.31. The van der Waals surface area contributed by atoms with E-state index in [9.17, 15) is 8.78 Å². The van der Waals surface area contributed by atoms with Gasteiger partial charge in [0.05, 0.1) is 0 Å². The fourth-order valence-electron chi connectivity index (χ4n) is 1.05. The predicted molar refractivity (Wildman–Crippen MR) is 60.6 cm³/mol. The van der Waals surface area contributed by atoms with Gasteiger partial charge < -0.3 is 4.74 Å². The summed E-state index contributed by atoms with van der Waals surface area (Å²) >= 11 is 4.07. The molecule has 0 atom stereocenters. The highest BCUT2D eigenvalue weighted by molar-refractivity contribution is 7.80. The molecule has 82 valence electrons. The van der Waals surface area contributed by atoms with Gasteiger partial charge >= 0.3 is 6.61 Å². The summed E-state index contributed by atoms with van der Waals surface area (Å²) in [7, 11) is 0. The molecule has 0 aliphatic carbocycles. The Morgan fingerprint density at radius 3 is 2.47 bits per heavy atom. The Balaban J connectivity index is 2.56. The van der Waals surface area contributed by atoms with E-state index in [0.29, 0.717) is 0 Å². The van der Waals surface area contributed by atoms with Gasteiger partial charge in [-0.1, -0.05) is 24.3 Å². The van der Waals surface area contributed by atoms with Crippen LogP contribution < -0.4 is 4.74 Å². The van der Waals surface area contributed by atoms with E-state index < -0.39 is 6.61 Å². The average molecular weight is 230 g/mol. The lowest BCUT2D eigenvalue weighted by molar-refractivity contribution is -0.0498. The third kappa shape index (κ3) is 4.83. The molecular weight excluding hydrogens is 218 g/mol. The summed E-state index contributed by atoms with van der Waals surface area (Å²) in [6, 6.07) is 6.50. The van der Waals surface area contributed by atoms with Gasteiger partial charge in [0.2, 0.25) is 0 Å². The lowest BCUT2D eigenvalue weighted by Gasteiger charge is -2.03. The van der Waals surface area contributed by atoms with Crippen molar-refractivity contribution in [2.75, 3.05) is 5.75 Å². The number of halogens is 2. The van der Waals surface area contributed by atoms with Crippen LogP contribution in [0.5, 0.6) is 5.75 Å². The van der Waals surface area contributed by atoms with Crippen molar-refractivity contribution in [3.63, 3.8) is 0 Å². The number of hydrogen-bond donors (Lipinski definition) is 1. The molecule has 4 heteroatoms. The second-order valence-electron chi connectivity index (χ2n) is 2.86. The molecule has 1 aromatic rings. The van der Waals surface area contributed by atoms with Gasteiger partial charge in [0.1, 0.15) is 5.75 Å². The topological polar surface area (TPSA) is 9.23 Å². The average Bonchev–Trinajstić information content (AvgIpc) is 2.20. The number of thiol groups is 1. The van der Waals surface area contributed by atoms with Crippen molar-refractivity contribution in [2.24, 2.45) is 0 Å². The zero-order chi connectivity index (χ0) is 11.1. The third-order valence-electron chi connectivity index (χ3n) is 1.71. The van der Waals surface area contributed by atoms with E-state index in [4.69, 9.17) is 0 Å². The van der Waals surface area contributed by atoms with Gasteiger partial charge in [-0.2, -0.15) is 21.4 Å². The minimum absolute atomic E-state index is 0.177. The Bertz CT molecular complexity index is 309. The number of ether oxygens (including phenoxy) is 1. The zero-order valence-electron chi connectivity index (χ0n) is 8.07. The molecule has 0 unspecified atom stereocenters. The molecule has 0 heterocycles. The molecule has 0 spiro atoms. The Kier molecular flexibility index (Phi) is 5.18. The summed E-state index contributed by atoms with van der Waals surface area (Å²) < 4.78 is 27.9. The van der Waals surface area contributed by atoms with Crippen LogP contribution >= 0.6 is 12.6 Å². The molecular formula is C11H12F2OS. The van der Waals surface area contributed by atoms with Crippen LogP contribution in [0.2, 0.25) is 0 Å². The van der Waals surface area contributed by atoms with Crippen LogP contribution in [0.3, 0.4) is 0 Å². The maximum Gasteiger partial charge on any atom is 0.387 e. The lowest BCUT2D eigenvalue weighted by atomic mass is 10.2. The van der Waals surface area contributed by atoms with Crippen molar-refractivity contribution in [3.8, 4) is 5.75 Å². The molecule has 1 rings (SSSR count). The number of benzene rings is 1. The fourth-order valence-corrected chi connectivity index (χ4v) is 1.20. The zero-order valence-corrected chi connectivity index (χ0v) is 8.96. The summed E-state index contributed by atoms with van der Waals surface area (Å²) in [5.74, 6) is 0.972. The number of allylic oxidation sites excluding steroid dienone is 1. The quantitative estimate of drug-likeness (QED) is 0.760. The van der Waals surface area contributed by atoms with Gasteiger partial charge in [0.15, 0.2) is 0 Å². The molecule has 0 saturated heterocycles. The molecule has 0 aromatic heterocycles. The van der Waals surface area contributed by atoms with E-state index in [2.05, 4.69) is 17.4 Å². The first-order valence-electron chi connectivity index (χ1n) is 4.54. The van der Waals surface area contributed by atoms with Gasteiger partial charge in [0, 0.05) is 0 Å². The van der Waals surface area contributed by atoms with E-state index in [1.807, 2.05) is 12.2 Å². The summed E-state index contributed by atoms with van der Waals surface area (Å²) in [4.78, 5) is 0. The Hall–Kier alpha value is -1.03. The van der Waals surface area contributed by atoms with Crippen LogP contribution in [0.4, 0.5) is 8.78 Å². The first kappa shape index (κ1) is 12.0. The monoisotopic (exact) mass is 230 g/mol. The van der Waals surface area contributed by atoms with E-state index in [1.54, 1.807) is 12.1 Å². The highest BCUT2D eigenvalue weighted by Crippen LogP contribution is 2.15. The molecule has 1 aromatic carbocycles. The van der Waals surface area contributed by atoms with Gasteiger partial charge in [-0.15, -0.1) is 0 Å². The summed E-state index contributed by atoms with van der Waals surface area (Å²) in [6.07, 6.45) is 4.79. The van der Waals surface area contributed by atoms with Gasteiger partial charge in [-0.25, -0.2) is 0 Å². The molecule has 0 amide bonds. The molecule has 0 aliphatic rings. The maximum atomic E-state index is 11.8. The Morgan fingerprint density at radius 1 is 1.27 bits per heavy atom. The smallest absolute Gasteiger partial charge is 0.387 e. The van der Waals surface area contributed by atoms with Gasteiger partial charge in [0.25, 0.3) is 0 Å². The minimum Gasteiger partial charge on any atom is -0.435 e. The molecule has 0 radical (unpaired) electrons. The van der Waals surface area contributed by atoms with Crippen molar-refractivity contribution < 1.29 is 13.5 Å². The molecule has 0 bridgehead atoms. The second kappa shape index (κ2) is 6.45. The Labute approximate surface area is 93.2 Å². The van der Waals surface area contributed by atoms with Crippen molar-refractivity contribution >= 4 is 18.7 Å².